The number of aryl methyl sites for hydroxylation is 2. The molecule has 0 amide bonds. The van der Waals surface area contributed by atoms with E-state index in [9.17, 15) is 10.1 Å². The molecule has 2 aromatic heterocycles. The Morgan fingerprint density at radius 2 is 2.10 bits per heavy atom. The number of rotatable bonds is 0. The van der Waals surface area contributed by atoms with Gasteiger partial charge in [-0.3, -0.25) is 9.48 Å². The van der Waals surface area contributed by atoms with Crippen molar-refractivity contribution in [1.82, 2.24) is 19.7 Å². The summed E-state index contributed by atoms with van der Waals surface area (Å²) in [6, 6.07) is 7.89. The smallest absolute Gasteiger partial charge is 0.258 e. The molecule has 0 radical (unpaired) electrons. The molecular weight excluding hydrogens is 392 g/mol. The molecule has 2 bridgehead atoms. The van der Waals surface area contributed by atoms with E-state index in [4.69, 9.17) is 10.5 Å². The van der Waals surface area contributed by atoms with Crippen LogP contribution < -0.4 is 10.5 Å². The molecule has 1 aromatic carbocycles. The Balaban J connectivity index is 2.02. The van der Waals surface area contributed by atoms with Crippen molar-refractivity contribution >= 4 is 11.6 Å². The summed E-state index contributed by atoms with van der Waals surface area (Å²) < 4.78 is 7.59. The lowest BCUT2D eigenvalue weighted by Crippen LogP contribution is -2.29. The van der Waals surface area contributed by atoms with Gasteiger partial charge in [0.25, 0.3) is 5.88 Å². The SMILES string of the molecule is Cc1ccc2c(c1)[C@@H](C)Oc1nc(cnc1N)-c1c(nn(C)c1C#N)CC(C)(C)C2=O. The van der Waals surface area contributed by atoms with Crippen LogP contribution in [0.1, 0.15) is 59.7 Å². The summed E-state index contributed by atoms with van der Waals surface area (Å²) in [5.41, 5.74) is 9.56. The Hall–Kier alpha value is -3.73. The second-order valence-electron chi connectivity index (χ2n) is 8.59. The molecule has 0 aliphatic carbocycles. The number of carbonyl (C=O) groups is 1. The number of hydrogen-bond donors (Lipinski definition) is 1. The first-order valence-corrected chi connectivity index (χ1v) is 10.0. The number of nitrogens with two attached hydrogens (primary N) is 1. The van der Waals surface area contributed by atoms with Crippen LogP contribution in [0.15, 0.2) is 24.4 Å². The Kier molecular flexibility index (Phi) is 4.77. The van der Waals surface area contributed by atoms with E-state index in [1.54, 1.807) is 7.05 Å². The number of ether oxygens (including phenoxy) is 1. The van der Waals surface area contributed by atoms with Crippen LogP contribution in [0.25, 0.3) is 11.3 Å². The predicted molar refractivity (Wildman–Crippen MR) is 115 cm³/mol. The van der Waals surface area contributed by atoms with Crippen LogP contribution in [0.4, 0.5) is 5.82 Å². The van der Waals surface area contributed by atoms with E-state index in [1.165, 1.54) is 10.9 Å². The van der Waals surface area contributed by atoms with E-state index in [1.807, 2.05) is 45.9 Å². The number of ketones is 1. The molecule has 1 atom stereocenters. The maximum Gasteiger partial charge on any atom is 0.258 e. The highest BCUT2D eigenvalue weighted by atomic mass is 16.5. The monoisotopic (exact) mass is 416 g/mol. The van der Waals surface area contributed by atoms with E-state index in [0.29, 0.717) is 34.6 Å². The minimum atomic E-state index is -0.775. The van der Waals surface area contributed by atoms with E-state index in [0.717, 1.165) is 11.1 Å². The lowest BCUT2D eigenvalue weighted by molar-refractivity contribution is 0.0831. The molecule has 3 aromatic rings. The molecule has 158 valence electrons. The summed E-state index contributed by atoms with van der Waals surface area (Å²) in [5.74, 6) is 0.275. The van der Waals surface area contributed by atoms with Gasteiger partial charge in [0.15, 0.2) is 11.6 Å². The Morgan fingerprint density at radius 3 is 2.81 bits per heavy atom. The highest BCUT2D eigenvalue weighted by molar-refractivity contribution is 6.01. The van der Waals surface area contributed by atoms with Crippen molar-refractivity contribution in [1.29, 1.82) is 5.26 Å². The molecule has 0 saturated heterocycles. The van der Waals surface area contributed by atoms with Crippen LogP contribution in [0, 0.1) is 23.7 Å². The van der Waals surface area contributed by atoms with Crippen LogP contribution >= 0.6 is 0 Å². The fourth-order valence-electron chi connectivity index (χ4n) is 4.01. The summed E-state index contributed by atoms with van der Waals surface area (Å²) in [7, 11) is 1.70. The molecule has 0 spiro atoms. The second-order valence-corrected chi connectivity index (χ2v) is 8.59. The molecule has 31 heavy (non-hydrogen) atoms. The van der Waals surface area contributed by atoms with Gasteiger partial charge in [-0.1, -0.05) is 37.6 Å². The van der Waals surface area contributed by atoms with Crippen molar-refractivity contribution in [2.24, 2.45) is 12.5 Å². The average molecular weight is 416 g/mol. The number of fused-ring (bicyclic) bond motifs is 5. The molecule has 1 aliphatic rings. The van der Waals surface area contributed by atoms with Crippen LogP contribution in [0.5, 0.6) is 5.88 Å². The van der Waals surface area contributed by atoms with E-state index in [-0.39, 0.29) is 17.5 Å². The van der Waals surface area contributed by atoms with Crippen molar-refractivity contribution < 1.29 is 9.53 Å². The fourth-order valence-corrected chi connectivity index (χ4v) is 4.01. The highest BCUT2D eigenvalue weighted by Crippen LogP contribution is 2.37. The number of nitrogens with zero attached hydrogens (tertiary/aromatic N) is 5. The number of Topliss-reactive ketones (excluding diaryl/α,β-unsaturated/α-hetero) is 1. The third-order valence-electron chi connectivity index (χ3n) is 5.65. The van der Waals surface area contributed by atoms with E-state index >= 15 is 0 Å². The molecule has 2 N–H and O–H groups in total. The highest BCUT2D eigenvalue weighted by Gasteiger charge is 2.35. The normalized spacial score (nSPS) is 17.4. The molecule has 8 nitrogen and oxygen atoms in total. The maximum atomic E-state index is 13.7. The summed E-state index contributed by atoms with van der Waals surface area (Å²) in [6.07, 6.45) is 1.36. The third-order valence-corrected chi connectivity index (χ3v) is 5.65. The lowest BCUT2D eigenvalue weighted by atomic mass is 9.77. The second kappa shape index (κ2) is 7.20. The van der Waals surface area contributed by atoms with Crippen molar-refractivity contribution in [2.75, 3.05) is 5.73 Å². The quantitative estimate of drug-likeness (QED) is 0.595. The van der Waals surface area contributed by atoms with Gasteiger partial charge in [-0.05, 0) is 13.8 Å². The van der Waals surface area contributed by atoms with Crippen molar-refractivity contribution in [3.8, 4) is 23.2 Å². The molecule has 0 fully saturated rings. The van der Waals surface area contributed by atoms with Crippen molar-refractivity contribution in [3.63, 3.8) is 0 Å². The van der Waals surface area contributed by atoms with Crippen LogP contribution in [-0.4, -0.2) is 25.5 Å². The molecule has 8 heteroatoms. The van der Waals surface area contributed by atoms with Gasteiger partial charge in [0, 0.05) is 30.0 Å². The number of aromatic nitrogens is 4. The molecular formula is C23H24N6O2. The largest absolute Gasteiger partial charge is 0.467 e. The lowest BCUT2D eigenvalue weighted by Gasteiger charge is -2.26. The van der Waals surface area contributed by atoms with Crippen LogP contribution in [0.2, 0.25) is 0 Å². The number of nitriles is 1. The Bertz CT molecular complexity index is 1250. The van der Waals surface area contributed by atoms with E-state index < -0.39 is 11.5 Å². The van der Waals surface area contributed by atoms with Gasteiger partial charge >= 0.3 is 0 Å². The summed E-state index contributed by atoms with van der Waals surface area (Å²) in [6.45, 7) is 7.60. The molecule has 0 saturated carbocycles. The number of nitrogen functional groups attached to an aromatic ring is 1. The first kappa shape index (κ1) is 20.5. The summed E-state index contributed by atoms with van der Waals surface area (Å²) >= 11 is 0. The Labute approximate surface area is 180 Å². The molecule has 1 aliphatic heterocycles. The van der Waals surface area contributed by atoms with Gasteiger partial charge < -0.3 is 10.5 Å². The van der Waals surface area contributed by atoms with Gasteiger partial charge in [-0.2, -0.15) is 10.4 Å². The van der Waals surface area contributed by atoms with Gasteiger partial charge in [0.1, 0.15) is 17.9 Å². The first-order valence-electron chi connectivity index (χ1n) is 10.0. The number of hydrogen-bond acceptors (Lipinski definition) is 7. The van der Waals surface area contributed by atoms with Crippen LogP contribution in [0.3, 0.4) is 0 Å². The molecule has 4 rings (SSSR count). The van der Waals surface area contributed by atoms with E-state index in [2.05, 4.69) is 21.1 Å². The number of benzene rings is 1. The average Bonchev–Trinajstić information content (AvgIpc) is 3.02. The van der Waals surface area contributed by atoms with Crippen molar-refractivity contribution in [3.05, 3.63) is 52.5 Å². The molecule has 3 heterocycles. The summed E-state index contributed by atoms with van der Waals surface area (Å²) in [4.78, 5) is 22.5. The molecule has 0 unspecified atom stereocenters. The number of carbonyl (C=O) groups excluding carboxylic acids is 1. The summed E-state index contributed by atoms with van der Waals surface area (Å²) in [5, 5.41) is 14.3. The van der Waals surface area contributed by atoms with Crippen LogP contribution in [-0.2, 0) is 13.5 Å². The maximum absolute atomic E-state index is 13.7. The zero-order valence-corrected chi connectivity index (χ0v) is 18.2. The minimum absolute atomic E-state index is 0.0173. The zero-order chi connectivity index (χ0) is 22.5. The zero-order valence-electron chi connectivity index (χ0n) is 18.2. The fraction of sp³-hybridized carbons (Fsp3) is 0.348. The predicted octanol–water partition coefficient (Wildman–Crippen LogP) is 3.54. The number of anilines is 1. The van der Waals surface area contributed by atoms with Crippen molar-refractivity contribution in [2.45, 2.75) is 40.2 Å². The standard InChI is InChI=1S/C23H24N6O2/c1-12-6-7-14-15(8-12)13(2)31-22-21(25)26-11-17(27-22)19-16(9-23(3,4)20(14)30)28-29(5)18(19)10-24/h6-8,11,13H,9H2,1-5H3,(H2,25,26)/t13-/m1/s1. The van der Waals surface area contributed by atoms with Gasteiger partial charge in [0.2, 0.25) is 0 Å². The minimum Gasteiger partial charge on any atom is -0.467 e. The van der Waals surface area contributed by atoms with Gasteiger partial charge in [-0.25, -0.2) is 9.97 Å². The van der Waals surface area contributed by atoms with Gasteiger partial charge in [0.05, 0.1) is 23.1 Å². The third kappa shape index (κ3) is 3.42. The Morgan fingerprint density at radius 1 is 1.35 bits per heavy atom. The topological polar surface area (TPSA) is 120 Å². The first-order chi connectivity index (χ1) is 14.6. The van der Waals surface area contributed by atoms with Gasteiger partial charge in [-0.15, -0.1) is 0 Å².